The molecule has 1 atom stereocenters. The van der Waals surface area contributed by atoms with Gasteiger partial charge in [-0.15, -0.1) is 11.3 Å². The van der Waals surface area contributed by atoms with Crippen molar-refractivity contribution in [2.45, 2.75) is 58.5 Å². The third-order valence-corrected chi connectivity index (χ3v) is 7.49. The number of thiazole rings is 1. The lowest BCUT2D eigenvalue weighted by molar-refractivity contribution is -0.119. The standard InChI is InChI=1S/C23H29N7O2S/c1-13-19(22(32)29-8-6-17(7-9-29)26-15(3)31)27-21(18-12-24-30-10-11-33-23(18)30)28-20(13)25-14(2)16-4-5-16/h10-12,14,16-17H,4-9H2,1-3H3,(H,26,31)(H,25,27,28). The van der Waals surface area contributed by atoms with Crippen LogP contribution in [0, 0.1) is 12.8 Å². The van der Waals surface area contributed by atoms with Crippen molar-refractivity contribution in [3.63, 3.8) is 0 Å². The minimum Gasteiger partial charge on any atom is -0.367 e. The molecule has 1 saturated carbocycles. The number of nitrogens with zero attached hydrogens (tertiary/aromatic N) is 5. The van der Waals surface area contributed by atoms with Crippen molar-refractivity contribution in [2.75, 3.05) is 18.4 Å². The summed E-state index contributed by atoms with van der Waals surface area (Å²) in [7, 11) is 0. The number of aromatic nitrogens is 4. The minimum absolute atomic E-state index is 0.0300. The average molecular weight is 468 g/mol. The van der Waals surface area contributed by atoms with E-state index in [0.29, 0.717) is 36.3 Å². The highest BCUT2D eigenvalue weighted by molar-refractivity contribution is 7.16. The Kier molecular flexibility index (Phi) is 5.77. The van der Waals surface area contributed by atoms with E-state index in [0.717, 1.165) is 28.8 Å². The molecule has 1 aliphatic carbocycles. The summed E-state index contributed by atoms with van der Waals surface area (Å²) < 4.78 is 1.80. The zero-order chi connectivity index (χ0) is 23.1. The molecule has 5 rings (SSSR count). The molecular weight excluding hydrogens is 438 g/mol. The molecule has 0 spiro atoms. The Morgan fingerprint density at radius 1 is 1.18 bits per heavy atom. The Morgan fingerprint density at radius 3 is 2.64 bits per heavy atom. The van der Waals surface area contributed by atoms with Crippen molar-refractivity contribution in [1.82, 2.24) is 29.8 Å². The van der Waals surface area contributed by atoms with E-state index < -0.39 is 0 Å². The van der Waals surface area contributed by atoms with Crippen LogP contribution in [0.15, 0.2) is 17.8 Å². The number of likely N-dealkylation sites (tertiary alicyclic amines) is 1. The first-order chi connectivity index (χ1) is 15.9. The molecule has 4 heterocycles. The Bertz CT molecular complexity index is 1190. The van der Waals surface area contributed by atoms with Crippen LogP contribution in [0.3, 0.4) is 0 Å². The fourth-order valence-corrected chi connectivity index (χ4v) is 5.25. The fourth-order valence-electron chi connectivity index (χ4n) is 4.46. The van der Waals surface area contributed by atoms with Gasteiger partial charge in [0.2, 0.25) is 5.91 Å². The molecule has 1 unspecified atom stereocenters. The van der Waals surface area contributed by atoms with Gasteiger partial charge in [0.25, 0.3) is 5.91 Å². The number of rotatable bonds is 6. The normalized spacial score (nSPS) is 17.8. The zero-order valence-electron chi connectivity index (χ0n) is 19.2. The number of hydrogen-bond acceptors (Lipinski definition) is 7. The number of carbonyl (C=O) groups is 2. The molecule has 0 bridgehead atoms. The molecule has 0 radical (unpaired) electrons. The maximum absolute atomic E-state index is 13.6. The Balaban J connectivity index is 1.47. The first-order valence-electron chi connectivity index (χ1n) is 11.5. The fraction of sp³-hybridized carbons (Fsp3) is 0.522. The summed E-state index contributed by atoms with van der Waals surface area (Å²) >= 11 is 1.57. The van der Waals surface area contributed by atoms with Gasteiger partial charge in [-0.05, 0) is 45.4 Å². The van der Waals surface area contributed by atoms with Crippen molar-refractivity contribution in [2.24, 2.45) is 5.92 Å². The Morgan fingerprint density at radius 2 is 1.94 bits per heavy atom. The van der Waals surface area contributed by atoms with Crippen LogP contribution >= 0.6 is 11.3 Å². The van der Waals surface area contributed by atoms with E-state index in [2.05, 4.69) is 22.7 Å². The minimum atomic E-state index is -0.0888. The summed E-state index contributed by atoms with van der Waals surface area (Å²) in [5.74, 6) is 1.76. The molecular formula is C23H29N7O2S. The van der Waals surface area contributed by atoms with E-state index in [1.165, 1.54) is 19.8 Å². The molecule has 2 amide bonds. The van der Waals surface area contributed by atoms with Crippen LogP contribution in [0.4, 0.5) is 5.82 Å². The largest absolute Gasteiger partial charge is 0.367 e. The Labute approximate surface area is 196 Å². The van der Waals surface area contributed by atoms with Gasteiger partial charge in [0, 0.05) is 49.2 Å². The van der Waals surface area contributed by atoms with E-state index in [4.69, 9.17) is 9.97 Å². The number of anilines is 1. The number of amides is 2. The summed E-state index contributed by atoms with van der Waals surface area (Å²) in [5, 5.41) is 12.9. The van der Waals surface area contributed by atoms with E-state index in [1.807, 2.05) is 23.4 Å². The van der Waals surface area contributed by atoms with Gasteiger partial charge in [-0.25, -0.2) is 14.5 Å². The number of hydrogen-bond donors (Lipinski definition) is 2. The highest BCUT2D eigenvalue weighted by Gasteiger charge is 2.31. The quantitative estimate of drug-likeness (QED) is 0.577. The van der Waals surface area contributed by atoms with Gasteiger partial charge < -0.3 is 15.5 Å². The zero-order valence-corrected chi connectivity index (χ0v) is 20.0. The summed E-state index contributed by atoms with van der Waals surface area (Å²) in [6, 6.07) is 0.404. The molecule has 3 aromatic rings. The molecule has 1 saturated heterocycles. The van der Waals surface area contributed by atoms with Gasteiger partial charge in [0.05, 0.1) is 11.8 Å². The molecule has 3 aromatic heterocycles. The number of piperidine rings is 1. The number of fused-ring (bicyclic) bond motifs is 1. The number of carbonyl (C=O) groups excluding carboxylic acids is 2. The highest BCUT2D eigenvalue weighted by atomic mass is 32.1. The molecule has 10 heteroatoms. The van der Waals surface area contributed by atoms with Crippen LogP contribution < -0.4 is 10.6 Å². The van der Waals surface area contributed by atoms with Crippen LogP contribution in [0.5, 0.6) is 0 Å². The van der Waals surface area contributed by atoms with E-state index in [9.17, 15) is 9.59 Å². The molecule has 2 N–H and O–H groups in total. The molecule has 2 aliphatic rings. The van der Waals surface area contributed by atoms with Crippen molar-refractivity contribution >= 4 is 33.8 Å². The van der Waals surface area contributed by atoms with Gasteiger partial charge in [-0.1, -0.05) is 0 Å². The smallest absolute Gasteiger partial charge is 0.272 e. The van der Waals surface area contributed by atoms with Crippen molar-refractivity contribution in [3.05, 3.63) is 29.0 Å². The van der Waals surface area contributed by atoms with Crippen LogP contribution in [0.2, 0.25) is 0 Å². The second kappa shape index (κ2) is 8.74. The van der Waals surface area contributed by atoms with E-state index in [1.54, 1.807) is 22.0 Å². The predicted octanol–water partition coefficient (Wildman–Crippen LogP) is 3.11. The SMILES string of the molecule is CC(=O)NC1CCN(C(=O)c2nc(-c3cnn4ccsc34)nc(NC(C)C3CC3)c2C)CC1. The Hall–Kier alpha value is -3.01. The maximum Gasteiger partial charge on any atom is 0.272 e. The molecule has 9 nitrogen and oxygen atoms in total. The van der Waals surface area contributed by atoms with Gasteiger partial charge in [0.15, 0.2) is 5.82 Å². The third kappa shape index (κ3) is 4.44. The lowest BCUT2D eigenvalue weighted by Gasteiger charge is -2.32. The third-order valence-electron chi connectivity index (χ3n) is 6.60. The van der Waals surface area contributed by atoms with Crippen LogP contribution in [-0.4, -0.2) is 61.5 Å². The van der Waals surface area contributed by atoms with Gasteiger partial charge in [-0.2, -0.15) is 5.10 Å². The molecule has 1 aliphatic heterocycles. The summed E-state index contributed by atoms with van der Waals surface area (Å²) in [6.07, 6.45) is 7.59. The average Bonchev–Trinajstić information content (AvgIpc) is 3.41. The predicted molar refractivity (Wildman–Crippen MR) is 127 cm³/mol. The van der Waals surface area contributed by atoms with Crippen molar-refractivity contribution < 1.29 is 9.59 Å². The molecule has 33 heavy (non-hydrogen) atoms. The second-order valence-corrected chi connectivity index (χ2v) is 10.0. The van der Waals surface area contributed by atoms with Crippen LogP contribution in [0.25, 0.3) is 16.2 Å². The van der Waals surface area contributed by atoms with Crippen LogP contribution in [-0.2, 0) is 4.79 Å². The summed E-state index contributed by atoms with van der Waals surface area (Å²) in [5.41, 5.74) is 2.03. The lowest BCUT2D eigenvalue weighted by atomic mass is 10.0. The van der Waals surface area contributed by atoms with Gasteiger partial charge in [-0.3, -0.25) is 9.59 Å². The second-order valence-electron chi connectivity index (χ2n) is 9.12. The van der Waals surface area contributed by atoms with Gasteiger partial charge >= 0.3 is 0 Å². The molecule has 2 fully saturated rings. The summed E-state index contributed by atoms with van der Waals surface area (Å²) in [6.45, 7) is 6.80. The lowest BCUT2D eigenvalue weighted by Crippen LogP contribution is -2.46. The molecule has 174 valence electrons. The van der Waals surface area contributed by atoms with Gasteiger partial charge in [0.1, 0.15) is 16.3 Å². The monoisotopic (exact) mass is 467 g/mol. The first kappa shape index (κ1) is 21.8. The summed E-state index contributed by atoms with van der Waals surface area (Å²) in [4.78, 5) is 37.3. The van der Waals surface area contributed by atoms with Crippen molar-refractivity contribution in [3.8, 4) is 11.4 Å². The van der Waals surface area contributed by atoms with Crippen LogP contribution in [0.1, 0.15) is 55.6 Å². The number of nitrogens with one attached hydrogen (secondary N) is 2. The van der Waals surface area contributed by atoms with Crippen molar-refractivity contribution in [1.29, 1.82) is 0 Å². The first-order valence-corrected chi connectivity index (χ1v) is 12.4. The highest BCUT2D eigenvalue weighted by Crippen LogP contribution is 2.35. The maximum atomic E-state index is 13.6. The topological polar surface area (TPSA) is 105 Å². The van der Waals surface area contributed by atoms with E-state index >= 15 is 0 Å². The molecule has 0 aromatic carbocycles. The van der Waals surface area contributed by atoms with E-state index in [-0.39, 0.29) is 23.9 Å².